The predicted molar refractivity (Wildman–Crippen MR) is 76.6 cm³/mol. The summed E-state index contributed by atoms with van der Waals surface area (Å²) in [6.45, 7) is 1.60. The van der Waals surface area contributed by atoms with Gasteiger partial charge in [0.15, 0.2) is 0 Å². The maximum absolute atomic E-state index is 12.8. The Hall–Kier alpha value is -1.44. The maximum Gasteiger partial charge on any atom is 0.245 e. The molecule has 7 heteroatoms. The number of sulfonamides is 1. The molecule has 2 aromatic rings. The van der Waals surface area contributed by atoms with Crippen molar-refractivity contribution in [2.45, 2.75) is 17.7 Å². The zero-order valence-electron chi connectivity index (χ0n) is 11.1. The van der Waals surface area contributed by atoms with Gasteiger partial charge in [-0.3, -0.25) is 0 Å². The number of H-pyrrole nitrogens is 1. The third-order valence-electron chi connectivity index (χ3n) is 3.85. The minimum atomic E-state index is -3.48. The van der Waals surface area contributed by atoms with Crippen LogP contribution in [-0.2, 0) is 10.0 Å². The fourth-order valence-corrected chi connectivity index (χ4v) is 4.43. The Kier molecular flexibility index (Phi) is 3.49. The fraction of sp³-hybridized carbons (Fsp3) is 0.462. The first kappa shape index (κ1) is 13.5. The Morgan fingerprint density at radius 2 is 2.35 bits per heavy atom. The Balaban J connectivity index is 1.99. The molecular formula is C13H18N4O2S. The third-order valence-corrected chi connectivity index (χ3v) is 5.75. The number of aromatic amines is 1. The third kappa shape index (κ3) is 2.21. The SMILES string of the molecule is NCC1CCCN(S(=O)(=O)c2c[nH]c3ncccc23)C1. The summed E-state index contributed by atoms with van der Waals surface area (Å²) in [6, 6.07) is 3.52. The zero-order valence-corrected chi connectivity index (χ0v) is 11.9. The predicted octanol–water partition coefficient (Wildman–Crippen LogP) is 0.922. The first-order chi connectivity index (χ1) is 9.63. The van der Waals surface area contributed by atoms with Crippen LogP contribution in [0, 0.1) is 5.92 Å². The second-order valence-corrected chi connectivity index (χ2v) is 7.07. The molecule has 1 aliphatic rings. The second kappa shape index (κ2) is 5.16. The molecule has 3 heterocycles. The van der Waals surface area contributed by atoms with Gasteiger partial charge >= 0.3 is 0 Å². The molecule has 1 saturated heterocycles. The van der Waals surface area contributed by atoms with E-state index in [1.54, 1.807) is 22.6 Å². The van der Waals surface area contributed by atoms with Gasteiger partial charge in [-0.25, -0.2) is 13.4 Å². The standard InChI is InChI=1S/C13H18N4O2S/c14-7-10-3-2-6-17(9-10)20(18,19)12-8-16-13-11(12)4-1-5-15-13/h1,4-5,8,10H,2-3,6-7,9,14H2,(H,15,16). The quantitative estimate of drug-likeness (QED) is 0.880. The lowest BCUT2D eigenvalue weighted by Crippen LogP contribution is -2.41. The Labute approximate surface area is 118 Å². The highest BCUT2D eigenvalue weighted by atomic mass is 32.2. The van der Waals surface area contributed by atoms with E-state index < -0.39 is 10.0 Å². The van der Waals surface area contributed by atoms with E-state index in [1.807, 2.05) is 0 Å². The largest absolute Gasteiger partial charge is 0.345 e. The summed E-state index contributed by atoms with van der Waals surface area (Å²) in [5.74, 6) is 0.252. The van der Waals surface area contributed by atoms with Crippen molar-refractivity contribution in [3.8, 4) is 0 Å². The van der Waals surface area contributed by atoms with Crippen LogP contribution in [0.15, 0.2) is 29.4 Å². The molecule has 1 unspecified atom stereocenters. The summed E-state index contributed by atoms with van der Waals surface area (Å²) in [5, 5.41) is 0.641. The van der Waals surface area contributed by atoms with Crippen LogP contribution in [0.25, 0.3) is 11.0 Å². The number of piperidine rings is 1. The van der Waals surface area contributed by atoms with Gasteiger partial charge in [0.1, 0.15) is 10.5 Å². The first-order valence-corrected chi connectivity index (χ1v) is 8.19. The number of nitrogens with zero attached hydrogens (tertiary/aromatic N) is 2. The van der Waals surface area contributed by atoms with Crippen molar-refractivity contribution >= 4 is 21.1 Å². The molecule has 0 aliphatic carbocycles. The van der Waals surface area contributed by atoms with Gasteiger partial charge in [0, 0.05) is 30.9 Å². The Morgan fingerprint density at radius 1 is 1.50 bits per heavy atom. The molecule has 3 N–H and O–H groups in total. The van der Waals surface area contributed by atoms with Crippen molar-refractivity contribution in [3.05, 3.63) is 24.5 Å². The van der Waals surface area contributed by atoms with Gasteiger partial charge in [-0.15, -0.1) is 0 Å². The highest BCUT2D eigenvalue weighted by Gasteiger charge is 2.31. The minimum absolute atomic E-state index is 0.252. The lowest BCUT2D eigenvalue weighted by Gasteiger charge is -2.31. The van der Waals surface area contributed by atoms with Crippen molar-refractivity contribution < 1.29 is 8.42 Å². The average molecular weight is 294 g/mol. The highest BCUT2D eigenvalue weighted by Crippen LogP contribution is 2.27. The zero-order chi connectivity index (χ0) is 14.2. The molecule has 3 rings (SSSR count). The van der Waals surface area contributed by atoms with Gasteiger partial charge in [0.25, 0.3) is 0 Å². The molecule has 0 aromatic carbocycles. The molecule has 1 fully saturated rings. The van der Waals surface area contributed by atoms with E-state index in [9.17, 15) is 8.42 Å². The lowest BCUT2D eigenvalue weighted by molar-refractivity contribution is 0.271. The van der Waals surface area contributed by atoms with E-state index in [0.717, 1.165) is 12.8 Å². The molecule has 0 radical (unpaired) electrons. The molecule has 108 valence electrons. The second-order valence-electron chi connectivity index (χ2n) is 5.16. The Bertz CT molecular complexity index is 710. The van der Waals surface area contributed by atoms with Crippen molar-refractivity contribution in [2.75, 3.05) is 19.6 Å². The summed E-state index contributed by atoms with van der Waals surface area (Å²) in [6.07, 6.45) is 5.03. The molecular weight excluding hydrogens is 276 g/mol. The molecule has 1 atom stereocenters. The van der Waals surface area contributed by atoms with Gasteiger partial charge in [0.05, 0.1) is 0 Å². The average Bonchev–Trinajstić information content (AvgIpc) is 2.92. The number of nitrogens with one attached hydrogen (secondary N) is 1. The van der Waals surface area contributed by atoms with Gasteiger partial charge in [-0.05, 0) is 37.4 Å². The molecule has 20 heavy (non-hydrogen) atoms. The van der Waals surface area contributed by atoms with Crippen LogP contribution in [0.1, 0.15) is 12.8 Å². The van der Waals surface area contributed by atoms with Gasteiger partial charge in [-0.1, -0.05) is 0 Å². The molecule has 0 bridgehead atoms. The van der Waals surface area contributed by atoms with E-state index in [0.29, 0.717) is 35.6 Å². The van der Waals surface area contributed by atoms with Crippen LogP contribution in [0.2, 0.25) is 0 Å². The van der Waals surface area contributed by atoms with Crippen LogP contribution in [0.5, 0.6) is 0 Å². The molecule has 2 aromatic heterocycles. The summed E-state index contributed by atoms with van der Waals surface area (Å²) in [4.78, 5) is 7.35. The summed E-state index contributed by atoms with van der Waals surface area (Å²) < 4.78 is 27.1. The van der Waals surface area contributed by atoms with E-state index in [4.69, 9.17) is 5.73 Å². The van der Waals surface area contributed by atoms with Gasteiger partial charge < -0.3 is 10.7 Å². The summed E-state index contributed by atoms with van der Waals surface area (Å²) in [7, 11) is -3.48. The van der Waals surface area contributed by atoms with Gasteiger partial charge in [-0.2, -0.15) is 4.31 Å². The van der Waals surface area contributed by atoms with Crippen molar-refractivity contribution in [2.24, 2.45) is 11.7 Å². The summed E-state index contributed by atoms with van der Waals surface area (Å²) in [5.41, 5.74) is 6.28. The topological polar surface area (TPSA) is 92.1 Å². The van der Waals surface area contributed by atoms with Crippen molar-refractivity contribution in [1.29, 1.82) is 0 Å². The lowest BCUT2D eigenvalue weighted by atomic mass is 10.0. The molecule has 0 saturated carbocycles. The normalized spacial score (nSPS) is 21.4. The van der Waals surface area contributed by atoms with Crippen LogP contribution in [0.4, 0.5) is 0 Å². The number of hydrogen-bond acceptors (Lipinski definition) is 4. The molecule has 6 nitrogen and oxygen atoms in total. The fourth-order valence-electron chi connectivity index (χ4n) is 2.72. The van der Waals surface area contributed by atoms with Crippen molar-refractivity contribution in [1.82, 2.24) is 14.3 Å². The number of nitrogens with two attached hydrogens (primary N) is 1. The maximum atomic E-state index is 12.8. The highest BCUT2D eigenvalue weighted by molar-refractivity contribution is 7.89. The van der Waals surface area contributed by atoms with Gasteiger partial charge in [0.2, 0.25) is 10.0 Å². The number of pyridine rings is 1. The van der Waals surface area contributed by atoms with Crippen LogP contribution < -0.4 is 5.73 Å². The number of hydrogen-bond donors (Lipinski definition) is 2. The van der Waals surface area contributed by atoms with E-state index in [1.165, 1.54) is 6.20 Å². The van der Waals surface area contributed by atoms with Crippen LogP contribution >= 0.6 is 0 Å². The van der Waals surface area contributed by atoms with Crippen LogP contribution in [0.3, 0.4) is 0 Å². The van der Waals surface area contributed by atoms with E-state index in [2.05, 4.69) is 9.97 Å². The monoisotopic (exact) mass is 294 g/mol. The smallest absolute Gasteiger partial charge is 0.245 e. The van der Waals surface area contributed by atoms with E-state index >= 15 is 0 Å². The minimum Gasteiger partial charge on any atom is -0.345 e. The van der Waals surface area contributed by atoms with E-state index in [-0.39, 0.29) is 5.92 Å². The molecule has 0 spiro atoms. The molecule has 0 amide bonds. The van der Waals surface area contributed by atoms with Crippen LogP contribution in [-0.4, -0.2) is 42.3 Å². The number of fused-ring (bicyclic) bond motifs is 1. The Morgan fingerprint density at radius 3 is 3.15 bits per heavy atom. The first-order valence-electron chi connectivity index (χ1n) is 6.75. The number of rotatable bonds is 3. The van der Waals surface area contributed by atoms with Crippen molar-refractivity contribution in [3.63, 3.8) is 0 Å². The summed E-state index contributed by atoms with van der Waals surface area (Å²) >= 11 is 0. The number of aromatic nitrogens is 2. The molecule has 1 aliphatic heterocycles.